The van der Waals surface area contributed by atoms with E-state index in [1.165, 1.54) is 51.4 Å². The smallest absolute Gasteiger partial charge is 0.310 e. The maximum Gasteiger partial charge on any atom is 0.310 e. The molecule has 0 rings (SSSR count). The number of nitrogens with zero attached hydrogens (tertiary/aromatic N) is 1. The number of rotatable bonds is 16. The number of hydrogen-bond acceptors (Lipinski definition) is 4. The van der Waals surface area contributed by atoms with Crippen molar-refractivity contribution in [3.8, 4) is 0 Å². The zero-order valence-electron chi connectivity index (χ0n) is 20.1. The Labute approximate surface area is 175 Å². The van der Waals surface area contributed by atoms with Crippen LogP contribution in [0.2, 0.25) is 0 Å². The fourth-order valence-electron chi connectivity index (χ4n) is 3.94. The fraction of sp³-hybridized carbons (Fsp3) is 0.958. The van der Waals surface area contributed by atoms with E-state index in [2.05, 4.69) is 20.8 Å². The molecule has 28 heavy (non-hydrogen) atoms. The Morgan fingerprint density at radius 1 is 0.929 bits per heavy atom. The van der Waals surface area contributed by atoms with E-state index in [9.17, 15) is 9.90 Å². The molecule has 2 atom stereocenters. The summed E-state index contributed by atoms with van der Waals surface area (Å²) in [6.45, 7) is 11.8. The summed E-state index contributed by atoms with van der Waals surface area (Å²) in [4.78, 5) is 14.7. The second kappa shape index (κ2) is 13.6. The van der Waals surface area contributed by atoms with Gasteiger partial charge in [0.2, 0.25) is 0 Å². The lowest BCUT2D eigenvalue weighted by Crippen LogP contribution is -2.63. The summed E-state index contributed by atoms with van der Waals surface area (Å²) >= 11 is 0. The first-order valence-corrected chi connectivity index (χ1v) is 11.6. The zero-order chi connectivity index (χ0) is 21.8. The molecule has 0 spiro atoms. The second-order valence-electron chi connectivity index (χ2n) is 9.78. The Bertz CT molecular complexity index is 415. The molecule has 0 saturated heterocycles. The number of carbonyl (C=O) groups excluding carboxylic acids is 1. The molecule has 0 saturated carbocycles. The molecule has 0 fully saturated rings. The lowest BCUT2D eigenvalue weighted by molar-refractivity contribution is -0.241. The number of unbranched alkanes of at least 4 members (excludes halogenated alkanes) is 8. The molecule has 168 valence electrons. The Morgan fingerprint density at radius 2 is 1.39 bits per heavy atom. The van der Waals surface area contributed by atoms with Gasteiger partial charge in [-0.25, -0.2) is 0 Å². The molecular formula is C24H49NO3. The van der Waals surface area contributed by atoms with Crippen molar-refractivity contribution in [2.24, 2.45) is 11.8 Å². The normalized spacial score (nSPS) is 15.7. The van der Waals surface area contributed by atoms with Crippen molar-refractivity contribution in [2.75, 3.05) is 14.1 Å². The van der Waals surface area contributed by atoms with Gasteiger partial charge >= 0.3 is 5.97 Å². The van der Waals surface area contributed by atoms with Crippen LogP contribution in [0.15, 0.2) is 0 Å². The first kappa shape index (κ1) is 27.4. The molecule has 4 nitrogen and oxygen atoms in total. The number of aliphatic hydroxyl groups is 1. The van der Waals surface area contributed by atoms with Gasteiger partial charge in [0.25, 0.3) is 0 Å². The zero-order valence-corrected chi connectivity index (χ0v) is 20.1. The lowest BCUT2D eigenvalue weighted by Gasteiger charge is -2.48. The van der Waals surface area contributed by atoms with Gasteiger partial charge < -0.3 is 9.84 Å². The Kier molecular flexibility index (Phi) is 13.3. The van der Waals surface area contributed by atoms with E-state index in [-0.39, 0.29) is 11.9 Å². The standard InChI is InChI=1S/C24H49NO3/c1-9-10-11-12-13-14-15-16-17-18-21(4)22(26)28-24(25(7)8,19-20(2)3)23(5,6)27/h20-21,27H,9-19H2,1-8H3. The van der Waals surface area contributed by atoms with Crippen LogP contribution in [0.1, 0.15) is 112 Å². The summed E-state index contributed by atoms with van der Waals surface area (Å²) in [5.74, 6) is -0.0383. The van der Waals surface area contributed by atoms with Crippen LogP contribution in [-0.2, 0) is 9.53 Å². The predicted octanol–water partition coefficient (Wildman–Crippen LogP) is 6.16. The maximum absolute atomic E-state index is 12.8. The summed E-state index contributed by atoms with van der Waals surface area (Å²) in [6, 6.07) is 0. The van der Waals surface area contributed by atoms with E-state index in [0.29, 0.717) is 12.3 Å². The number of carbonyl (C=O) groups is 1. The minimum absolute atomic E-state index is 0.140. The van der Waals surface area contributed by atoms with Gasteiger partial charge in [0, 0.05) is 6.42 Å². The topological polar surface area (TPSA) is 49.8 Å². The average Bonchev–Trinajstić information content (AvgIpc) is 2.57. The van der Waals surface area contributed by atoms with E-state index in [4.69, 9.17) is 4.74 Å². The molecule has 1 N–H and O–H groups in total. The summed E-state index contributed by atoms with van der Waals surface area (Å²) in [7, 11) is 3.75. The SMILES string of the molecule is CCCCCCCCCCCC(C)C(=O)OC(CC(C)C)(N(C)C)C(C)(C)O. The third-order valence-electron chi connectivity index (χ3n) is 5.78. The van der Waals surface area contributed by atoms with Crippen molar-refractivity contribution >= 4 is 5.97 Å². The highest BCUT2D eigenvalue weighted by atomic mass is 16.6. The first-order valence-electron chi connectivity index (χ1n) is 11.6. The van der Waals surface area contributed by atoms with Crippen LogP contribution in [0.3, 0.4) is 0 Å². The van der Waals surface area contributed by atoms with Crippen molar-refractivity contribution in [3.63, 3.8) is 0 Å². The monoisotopic (exact) mass is 399 g/mol. The van der Waals surface area contributed by atoms with Crippen LogP contribution in [0.5, 0.6) is 0 Å². The molecule has 0 aromatic heterocycles. The van der Waals surface area contributed by atoms with Crippen molar-refractivity contribution in [1.82, 2.24) is 4.90 Å². The van der Waals surface area contributed by atoms with Crippen molar-refractivity contribution in [2.45, 2.75) is 123 Å². The molecule has 0 amide bonds. The Hall–Kier alpha value is -0.610. The third kappa shape index (κ3) is 9.73. The number of esters is 1. The second-order valence-corrected chi connectivity index (χ2v) is 9.78. The van der Waals surface area contributed by atoms with Gasteiger partial charge in [-0.1, -0.05) is 85.5 Å². The number of likely N-dealkylation sites (N-methyl/N-ethyl adjacent to an activating group) is 1. The molecule has 0 heterocycles. The molecule has 4 heteroatoms. The molecule has 0 aromatic rings. The van der Waals surface area contributed by atoms with Crippen LogP contribution in [-0.4, -0.2) is 41.4 Å². The van der Waals surface area contributed by atoms with Gasteiger partial charge in [-0.2, -0.15) is 0 Å². The predicted molar refractivity (Wildman–Crippen MR) is 119 cm³/mol. The summed E-state index contributed by atoms with van der Waals surface area (Å²) in [5, 5.41) is 10.8. The third-order valence-corrected chi connectivity index (χ3v) is 5.78. The Balaban J connectivity index is 4.48. The minimum atomic E-state index is -1.14. The van der Waals surface area contributed by atoms with Crippen LogP contribution in [0, 0.1) is 11.8 Å². The van der Waals surface area contributed by atoms with E-state index >= 15 is 0 Å². The molecule has 0 aliphatic heterocycles. The van der Waals surface area contributed by atoms with Gasteiger partial charge in [0.1, 0.15) is 5.60 Å². The molecule has 0 aliphatic carbocycles. The molecular weight excluding hydrogens is 350 g/mol. The van der Waals surface area contributed by atoms with Crippen molar-refractivity contribution in [3.05, 3.63) is 0 Å². The maximum atomic E-state index is 12.8. The highest BCUT2D eigenvalue weighted by Crippen LogP contribution is 2.36. The van der Waals surface area contributed by atoms with Gasteiger partial charge in [0.15, 0.2) is 5.72 Å². The lowest BCUT2D eigenvalue weighted by atomic mass is 9.85. The minimum Gasteiger partial charge on any atom is -0.440 e. The van der Waals surface area contributed by atoms with Gasteiger partial charge in [0.05, 0.1) is 5.92 Å². The number of hydrogen-bond donors (Lipinski definition) is 1. The quantitative estimate of drug-likeness (QED) is 0.192. The largest absolute Gasteiger partial charge is 0.440 e. The van der Waals surface area contributed by atoms with E-state index < -0.39 is 11.3 Å². The first-order chi connectivity index (χ1) is 13.0. The molecule has 0 aromatic carbocycles. The molecule has 0 radical (unpaired) electrons. The van der Waals surface area contributed by atoms with Crippen LogP contribution in [0.4, 0.5) is 0 Å². The highest BCUT2D eigenvalue weighted by molar-refractivity contribution is 5.72. The van der Waals surface area contributed by atoms with Crippen molar-refractivity contribution in [1.29, 1.82) is 0 Å². The van der Waals surface area contributed by atoms with E-state index in [0.717, 1.165) is 12.8 Å². The van der Waals surface area contributed by atoms with Crippen molar-refractivity contribution < 1.29 is 14.6 Å². The average molecular weight is 400 g/mol. The summed E-state index contributed by atoms with van der Waals surface area (Å²) in [6.07, 6.45) is 13.0. The molecule has 0 aliphatic rings. The highest BCUT2D eigenvalue weighted by Gasteiger charge is 2.50. The molecule has 2 unspecified atom stereocenters. The van der Waals surface area contributed by atoms with Gasteiger partial charge in [-0.15, -0.1) is 0 Å². The van der Waals surface area contributed by atoms with E-state index in [1.807, 2.05) is 25.9 Å². The Morgan fingerprint density at radius 3 is 1.79 bits per heavy atom. The summed E-state index contributed by atoms with van der Waals surface area (Å²) < 4.78 is 6.01. The van der Waals surface area contributed by atoms with Gasteiger partial charge in [-0.3, -0.25) is 9.69 Å². The fourth-order valence-corrected chi connectivity index (χ4v) is 3.94. The van der Waals surface area contributed by atoms with E-state index in [1.54, 1.807) is 13.8 Å². The van der Waals surface area contributed by atoms with Crippen LogP contribution in [0.25, 0.3) is 0 Å². The van der Waals surface area contributed by atoms with Crippen LogP contribution < -0.4 is 0 Å². The summed E-state index contributed by atoms with van der Waals surface area (Å²) in [5.41, 5.74) is -2.15. The number of ether oxygens (including phenoxy) is 1. The van der Waals surface area contributed by atoms with Crippen LogP contribution >= 0.6 is 0 Å². The molecule has 0 bridgehead atoms. The van der Waals surface area contributed by atoms with Gasteiger partial charge in [-0.05, 0) is 40.3 Å².